The van der Waals surface area contributed by atoms with Gasteiger partial charge in [-0.2, -0.15) is 0 Å². The van der Waals surface area contributed by atoms with Crippen LogP contribution < -0.4 is 14.8 Å². The highest BCUT2D eigenvalue weighted by molar-refractivity contribution is 7.80. The van der Waals surface area contributed by atoms with E-state index in [-0.39, 0.29) is 18.8 Å². The number of benzene rings is 1. The zero-order valence-electron chi connectivity index (χ0n) is 12.5. The molecule has 3 rings (SSSR count). The lowest BCUT2D eigenvalue weighted by Gasteiger charge is -2.35. The van der Waals surface area contributed by atoms with Crippen molar-refractivity contribution in [3.63, 3.8) is 0 Å². The Hall–Kier alpha value is -2.28. The lowest BCUT2D eigenvalue weighted by atomic mass is 9.95. The van der Waals surface area contributed by atoms with E-state index in [4.69, 9.17) is 26.4 Å². The third kappa shape index (κ3) is 2.27. The van der Waals surface area contributed by atoms with Gasteiger partial charge in [-0.25, -0.2) is 4.79 Å². The van der Waals surface area contributed by atoms with Gasteiger partial charge >= 0.3 is 5.97 Å². The highest BCUT2D eigenvalue weighted by Crippen LogP contribution is 2.37. The van der Waals surface area contributed by atoms with Crippen molar-refractivity contribution in [2.45, 2.75) is 13.0 Å². The Morgan fingerprint density at radius 1 is 1.41 bits per heavy atom. The molecule has 2 aliphatic heterocycles. The number of nitrogens with one attached hydrogen (secondary N) is 1. The van der Waals surface area contributed by atoms with Crippen LogP contribution in [0.3, 0.4) is 0 Å². The summed E-state index contributed by atoms with van der Waals surface area (Å²) in [5.74, 6) is 0.965. The largest absolute Gasteiger partial charge is 0.466 e. The van der Waals surface area contributed by atoms with E-state index in [0.717, 1.165) is 11.3 Å². The van der Waals surface area contributed by atoms with E-state index >= 15 is 0 Å². The van der Waals surface area contributed by atoms with Gasteiger partial charge in [0.25, 0.3) is 0 Å². The van der Waals surface area contributed by atoms with Gasteiger partial charge in [0.15, 0.2) is 16.6 Å². The number of ether oxygens (including phenoxy) is 3. The summed E-state index contributed by atoms with van der Waals surface area (Å²) < 4.78 is 15.6. The van der Waals surface area contributed by atoms with Crippen LogP contribution >= 0.6 is 12.2 Å². The fourth-order valence-electron chi connectivity index (χ4n) is 2.55. The maximum atomic E-state index is 12.2. The number of nitrogens with zero attached hydrogens (tertiary/aromatic N) is 1. The van der Waals surface area contributed by atoms with Gasteiger partial charge in [-0.05, 0) is 36.8 Å². The monoisotopic (exact) mass is 320 g/mol. The first-order valence-electron chi connectivity index (χ1n) is 6.75. The van der Waals surface area contributed by atoms with Gasteiger partial charge in [0.2, 0.25) is 6.79 Å². The first kappa shape index (κ1) is 14.6. The number of carbonyl (C=O) groups excluding carboxylic acids is 1. The second-order valence-corrected chi connectivity index (χ2v) is 5.43. The van der Waals surface area contributed by atoms with Gasteiger partial charge in [-0.1, -0.05) is 6.07 Å². The van der Waals surface area contributed by atoms with E-state index in [1.807, 2.05) is 32.2 Å². The van der Waals surface area contributed by atoms with Crippen LogP contribution in [-0.4, -0.2) is 36.9 Å². The summed E-state index contributed by atoms with van der Waals surface area (Å²) in [7, 11) is 3.18. The Morgan fingerprint density at radius 3 is 2.86 bits per heavy atom. The molecule has 0 spiro atoms. The third-order valence-corrected chi connectivity index (χ3v) is 4.28. The molecule has 2 heterocycles. The van der Waals surface area contributed by atoms with E-state index in [9.17, 15) is 4.79 Å². The summed E-state index contributed by atoms with van der Waals surface area (Å²) >= 11 is 5.33. The first-order chi connectivity index (χ1) is 10.5. The molecule has 6 nitrogen and oxygen atoms in total. The third-order valence-electron chi connectivity index (χ3n) is 3.89. The van der Waals surface area contributed by atoms with Crippen LogP contribution in [0.4, 0.5) is 0 Å². The molecule has 0 amide bonds. The van der Waals surface area contributed by atoms with E-state index in [0.29, 0.717) is 22.2 Å². The molecule has 0 saturated carbocycles. The van der Waals surface area contributed by atoms with Crippen LogP contribution in [0.25, 0.3) is 0 Å². The Bertz CT molecular complexity index is 686. The van der Waals surface area contributed by atoms with Crippen molar-refractivity contribution < 1.29 is 19.0 Å². The number of fused-ring (bicyclic) bond motifs is 1. The molecule has 7 heteroatoms. The van der Waals surface area contributed by atoms with Crippen molar-refractivity contribution in [3.05, 3.63) is 35.0 Å². The van der Waals surface area contributed by atoms with Crippen LogP contribution in [-0.2, 0) is 9.53 Å². The number of methoxy groups -OCH3 is 1. The molecular weight excluding hydrogens is 304 g/mol. The van der Waals surface area contributed by atoms with Gasteiger partial charge in [0.1, 0.15) is 0 Å². The second-order valence-electron chi connectivity index (χ2n) is 5.04. The zero-order valence-corrected chi connectivity index (χ0v) is 13.3. The van der Waals surface area contributed by atoms with Crippen molar-refractivity contribution >= 4 is 23.3 Å². The number of allylic oxidation sites excluding steroid dienone is 1. The zero-order chi connectivity index (χ0) is 15.9. The Labute approximate surface area is 133 Å². The van der Waals surface area contributed by atoms with Crippen LogP contribution in [0, 0.1) is 0 Å². The number of hydrogen-bond acceptors (Lipinski definition) is 5. The maximum Gasteiger partial charge on any atom is 0.337 e. The SMILES string of the molecule is COC(=O)C1=C(C)N(C)C(=S)N[C@H]1c1ccc2c(c1)OCO2. The van der Waals surface area contributed by atoms with Crippen molar-refractivity contribution in [2.24, 2.45) is 0 Å². The van der Waals surface area contributed by atoms with E-state index < -0.39 is 0 Å². The number of thiocarbonyl (C=S) groups is 1. The lowest BCUT2D eigenvalue weighted by molar-refractivity contribution is -0.136. The summed E-state index contributed by atoms with van der Waals surface area (Å²) in [4.78, 5) is 14.0. The van der Waals surface area contributed by atoms with Gasteiger partial charge in [0.05, 0.1) is 18.7 Å². The number of carbonyl (C=O) groups is 1. The Morgan fingerprint density at radius 2 is 2.14 bits per heavy atom. The molecule has 0 bridgehead atoms. The smallest absolute Gasteiger partial charge is 0.337 e. The lowest BCUT2D eigenvalue weighted by Crippen LogP contribution is -2.46. The summed E-state index contributed by atoms with van der Waals surface area (Å²) in [5.41, 5.74) is 2.15. The average molecular weight is 320 g/mol. The predicted octanol–water partition coefficient (Wildman–Crippen LogP) is 1.72. The summed E-state index contributed by atoms with van der Waals surface area (Å²) in [6.45, 7) is 2.05. The summed E-state index contributed by atoms with van der Waals surface area (Å²) in [6, 6.07) is 5.18. The highest BCUT2D eigenvalue weighted by atomic mass is 32.1. The van der Waals surface area contributed by atoms with Crippen LogP contribution in [0.1, 0.15) is 18.5 Å². The van der Waals surface area contributed by atoms with E-state index in [1.54, 1.807) is 4.90 Å². The summed E-state index contributed by atoms with van der Waals surface area (Å²) in [5, 5.41) is 3.72. The number of rotatable bonds is 2. The minimum atomic E-state index is -0.387. The topological polar surface area (TPSA) is 60.0 Å². The second kappa shape index (κ2) is 5.49. The van der Waals surface area contributed by atoms with Crippen molar-refractivity contribution in [3.8, 4) is 11.5 Å². The van der Waals surface area contributed by atoms with Gasteiger partial charge in [-0.3, -0.25) is 0 Å². The molecule has 2 aliphatic rings. The van der Waals surface area contributed by atoms with E-state index in [2.05, 4.69) is 5.32 Å². The molecule has 0 radical (unpaired) electrons. The molecule has 22 heavy (non-hydrogen) atoms. The summed E-state index contributed by atoms with van der Waals surface area (Å²) in [6.07, 6.45) is 0. The van der Waals surface area contributed by atoms with Crippen LogP contribution in [0.2, 0.25) is 0 Å². The van der Waals surface area contributed by atoms with E-state index in [1.165, 1.54) is 7.11 Å². The Balaban J connectivity index is 2.07. The maximum absolute atomic E-state index is 12.2. The normalized spacial score (nSPS) is 20.0. The average Bonchev–Trinajstić information content (AvgIpc) is 2.99. The van der Waals surface area contributed by atoms with Crippen molar-refractivity contribution in [2.75, 3.05) is 21.0 Å². The molecule has 1 N–H and O–H groups in total. The Kier molecular flexibility index (Phi) is 3.66. The first-order valence-corrected chi connectivity index (χ1v) is 7.16. The highest BCUT2D eigenvalue weighted by Gasteiger charge is 2.33. The van der Waals surface area contributed by atoms with Crippen molar-refractivity contribution in [1.29, 1.82) is 0 Å². The fraction of sp³-hybridized carbons (Fsp3) is 0.333. The molecule has 0 aromatic heterocycles. The molecule has 1 aromatic carbocycles. The van der Waals surface area contributed by atoms with Gasteiger partial charge < -0.3 is 24.4 Å². The molecule has 0 aliphatic carbocycles. The molecule has 0 unspecified atom stereocenters. The molecule has 0 saturated heterocycles. The molecular formula is C15H16N2O4S. The van der Waals surface area contributed by atoms with Gasteiger partial charge in [-0.15, -0.1) is 0 Å². The predicted molar refractivity (Wildman–Crippen MR) is 83.5 cm³/mol. The fourth-order valence-corrected chi connectivity index (χ4v) is 2.81. The van der Waals surface area contributed by atoms with Crippen LogP contribution in [0.15, 0.2) is 29.5 Å². The van der Waals surface area contributed by atoms with Gasteiger partial charge in [0, 0.05) is 12.7 Å². The van der Waals surface area contributed by atoms with Crippen molar-refractivity contribution in [1.82, 2.24) is 10.2 Å². The number of esters is 1. The minimum absolute atomic E-state index is 0.205. The van der Waals surface area contributed by atoms with Crippen LogP contribution in [0.5, 0.6) is 11.5 Å². The molecule has 116 valence electrons. The quantitative estimate of drug-likeness (QED) is 0.657. The number of hydrogen-bond donors (Lipinski definition) is 1. The molecule has 1 aromatic rings. The minimum Gasteiger partial charge on any atom is -0.466 e. The standard InChI is InChI=1S/C15H16N2O4S/c1-8-12(14(18)19-3)13(16-15(22)17(8)2)9-4-5-10-11(6-9)21-7-20-10/h4-6,13H,7H2,1-3H3,(H,16,22)/t13-/m0/s1. The molecule has 1 atom stereocenters. The molecule has 0 fully saturated rings.